The van der Waals surface area contributed by atoms with Gasteiger partial charge in [-0.25, -0.2) is 0 Å². The molecule has 5 nitrogen and oxygen atoms in total. The third-order valence-corrected chi connectivity index (χ3v) is 5.84. The number of aliphatic hydroxyl groups is 1. The van der Waals surface area contributed by atoms with Gasteiger partial charge in [0.1, 0.15) is 0 Å². The topological polar surface area (TPSA) is 60.9 Å². The summed E-state index contributed by atoms with van der Waals surface area (Å²) < 4.78 is 0.911. The molecule has 1 fully saturated rings. The Kier molecular flexibility index (Phi) is 5.15. The van der Waals surface area contributed by atoms with E-state index < -0.39 is 17.4 Å². The van der Waals surface area contributed by atoms with Crippen molar-refractivity contribution in [1.82, 2.24) is 4.90 Å². The Bertz CT molecular complexity index is 1100. The third-order valence-electron chi connectivity index (χ3n) is 5.35. The lowest BCUT2D eigenvalue weighted by molar-refractivity contribution is -0.156. The first-order valence-corrected chi connectivity index (χ1v) is 10.2. The maximum Gasteiger partial charge on any atom is 0.268 e. The van der Waals surface area contributed by atoms with Crippen LogP contribution in [0.5, 0.6) is 0 Å². The van der Waals surface area contributed by atoms with Crippen LogP contribution in [0.2, 0.25) is 0 Å². The van der Waals surface area contributed by atoms with Crippen LogP contribution in [-0.2, 0) is 16.1 Å². The first kappa shape index (κ1) is 19.6. The summed E-state index contributed by atoms with van der Waals surface area (Å²) in [5.41, 5.74) is -0.436. The molecule has 0 saturated carbocycles. The number of nitrogens with zero attached hydrogens (tertiary/aromatic N) is 2. The molecule has 3 aromatic rings. The fraction of sp³-hybridized carbons (Fsp3) is 0.217. The van der Waals surface area contributed by atoms with Crippen LogP contribution in [0, 0.1) is 0 Å². The van der Waals surface area contributed by atoms with Crippen molar-refractivity contribution in [3.05, 3.63) is 76.8 Å². The van der Waals surface area contributed by atoms with Gasteiger partial charge in [-0.05, 0) is 40.6 Å². The molecule has 4 rings (SSSR count). The molecule has 1 heterocycles. The van der Waals surface area contributed by atoms with Gasteiger partial charge in [-0.2, -0.15) is 0 Å². The van der Waals surface area contributed by atoms with Gasteiger partial charge >= 0.3 is 0 Å². The van der Waals surface area contributed by atoms with Crippen molar-refractivity contribution in [2.45, 2.75) is 18.6 Å². The maximum absolute atomic E-state index is 13.0. The lowest BCUT2D eigenvalue weighted by Crippen LogP contribution is -2.52. The second-order valence-corrected chi connectivity index (χ2v) is 8.31. The number of anilines is 1. The number of carbonyl (C=O) groups excluding carboxylic acids is 2. The minimum absolute atomic E-state index is 0.0698. The van der Waals surface area contributed by atoms with E-state index in [0.29, 0.717) is 18.8 Å². The first-order valence-electron chi connectivity index (χ1n) is 9.42. The minimum atomic E-state index is -2.04. The summed E-state index contributed by atoms with van der Waals surface area (Å²) in [5, 5.41) is 13.1. The van der Waals surface area contributed by atoms with Crippen LogP contribution in [0.15, 0.2) is 71.2 Å². The second-order valence-electron chi connectivity index (χ2n) is 7.39. The van der Waals surface area contributed by atoms with E-state index in [9.17, 15) is 14.7 Å². The second kappa shape index (κ2) is 7.61. The molecule has 1 aliphatic rings. The fourth-order valence-corrected chi connectivity index (χ4v) is 4.24. The molecule has 0 unspecified atom stereocenters. The van der Waals surface area contributed by atoms with Crippen LogP contribution in [-0.4, -0.2) is 41.0 Å². The van der Waals surface area contributed by atoms with Crippen LogP contribution >= 0.6 is 15.9 Å². The number of halogens is 1. The van der Waals surface area contributed by atoms with Gasteiger partial charge < -0.3 is 14.9 Å². The molecule has 1 N–H and O–H groups in total. The zero-order chi connectivity index (χ0) is 20.6. The van der Waals surface area contributed by atoms with E-state index in [1.807, 2.05) is 66.7 Å². The smallest absolute Gasteiger partial charge is 0.268 e. The first-order chi connectivity index (χ1) is 13.9. The Labute approximate surface area is 177 Å². The highest BCUT2D eigenvalue weighted by molar-refractivity contribution is 9.10. The quantitative estimate of drug-likeness (QED) is 0.613. The van der Waals surface area contributed by atoms with Gasteiger partial charge in [-0.1, -0.05) is 58.4 Å². The van der Waals surface area contributed by atoms with Crippen LogP contribution in [0.4, 0.5) is 5.69 Å². The molecule has 0 aromatic heterocycles. The lowest BCUT2D eigenvalue weighted by atomic mass is 10.0. The zero-order valence-corrected chi connectivity index (χ0v) is 17.6. The summed E-state index contributed by atoms with van der Waals surface area (Å²) in [6.07, 6.45) is 0.0698. The molecule has 3 aromatic carbocycles. The number of rotatable bonds is 4. The molecule has 148 valence electrons. The fourth-order valence-electron chi connectivity index (χ4n) is 3.79. The molecule has 0 aliphatic carbocycles. The predicted octanol–water partition coefficient (Wildman–Crippen LogP) is 3.73. The van der Waals surface area contributed by atoms with Crippen molar-refractivity contribution < 1.29 is 14.7 Å². The summed E-state index contributed by atoms with van der Waals surface area (Å²) in [4.78, 5) is 28.9. The SMILES string of the molecule is CN(Cc1cccc(Br)c1)C(=O)[C@]1(O)CCN(c2ccc3ccccc3c2)C1=O. The average molecular weight is 453 g/mol. The van der Waals surface area contributed by atoms with E-state index >= 15 is 0 Å². The monoisotopic (exact) mass is 452 g/mol. The highest BCUT2D eigenvalue weighted by Crippen LogP contribution is 2.32. The Morgan fingerprint density at radius 2 is 1.86 bits per heavy atom. The highest BCUT2D eigenvalue weighted by Gasteiger charge is 2.52. The summed E-state index contributed by atoms with van der Waals surface area (Å²) in [5.74, 6) is -1.15. The van der Waals surface area contributed by atoms with Crippen molar-refractivity contribution in [2.24, 2.45) is 0 Å². The van der Waals surface area contributed by atoms with Crippen LogP contribution < -0.4 is 4.90 Å². The predicted molar refractivity (Wildman–Crippen MR) is 116 cm³/mol. The number of fused-ring (bicyclic) bond motifs is 1. The molecule has 0 bridgehead atoms. The van der Waals surface area contributed by atoms with Crippen molar-refractivity contribution in [3.8, 4) is 0 Å². The van der Waals surface area contributed by atoms with Gasteiger partial charge in [-0.3, -0.25) is 9.59 Å². The molecule has 1 atom stereocenters. The summed E-state index contributed by atoms with van der Waals surface area (Å²) in [6, 6.07) is 21.2. The zero-order valence-electron chi connectivity index (χ0n) is 16.0. The van der Waals surface area contributed by atoms with Gasteiger partial charge in [0.25, 0.3) is 11.8 Å². The molecule has 0 spiro atoms. The van der Waals surface area contributed by atoms with E-state index in [0.717, 1.165) is 20.8 Å². The number of amides is 2. The van der Waals surface area contributed by atoms with Gasteiger partial charge in [0.05, 0.1) is 0 Å². The van der Waals surface area contributed by atoms with Crippen LogP contribution in [0.25, 0.3) is 10.8 Å². The van der Waals surface area contributed by atoms with Crippen LogP contribution in [0.1, 0.15) is 12.0 Å². The number of carbonyl (C=O) groups is 2. The van der Waals surface area contributed by atoms with E-state index in [1.54, 1.807) is 7.05 Å². The van der Waals surface area contributed by atoms with Crippen molar-refractivity contribution >= 4 is 44.2 Å². The Morgan fingerprint density at radius 1 is 1.10 bits per heavy atom. The summed E-state index contributed by atoms with van der Waals surface area (Å²) >= 11 is 3.41. The van der Waals surface area contributed by atoms with Gasteiger partial charge in [0.15, 0.2) is 0 Å². The molecular formula is C23H21BrN2O3. The van der Waals surface area contributed by atoms with Gasteiger partial charge in [0.2, 0.25) is 5.60 Å². The Hall–Kier alpha value is -2.70. The molecule has 1 saturated heterocycles. The van der Waals surface area contributed by atoms with E-state index in [1.165, 1.54) is 9.80 Å². The van der Waals surface area contributed by atoms with Crippen molar-refractivity contribution in [2.75, 3.05) is 18.5 Å². The number of hydrogen-bond acceptors (Lipinski definition) is 3. The average Bonchev–Trinajstić information content (AvgIpc) is 3.03. The van der Waals surface area contributed by atoms with Crippen LogP contribution in [0.3, 0.4) is 0 Å². The minimum Gasteiger partial charge on any atom is -0.372 e. The van der Waals surface area contributed by atoms with E-state index in [2.05, 4.69) is 15.9 Å². The molecule has 1 aliphatic heterocycles. The molecular weight excluding hydrogens is 432 g/mol. The molecule has 0 radical (unpaired) electrons. The third kappa shape index (κ3) is 3.66. The lowest BCUT2D eigenvalue weighted by Gasteiger charge is -2.27. The molecule has 6 heteroatoms. The van der Waals surface area contributed by atoms with Crippen molar-refractivity contribution in [3.63, 3.8) is 0 Å². The summed E-state index contributed by atoms with van der Waals surface area (Å²) in [7, 11) is 1.60. The van der Waals surface area contributed by atoms with Crippen molar-refractivity contribution in [1.29, 1.82) is 0 Å². The Morgan fingerprint density at radius 3 is 2.62 bits per heavy atom. The van der Waals surface area contributed by atoms with Gasteiger partial charge in [-0.15, -0.1) is 0 Å². The van der Waals surface area contributed by atoms with Gasteiger partial charge in [0, 0.05) is 36.7 Å². The standard InChI is InChI=1S/C23H21BrN2O3/c1-25(15-16-5-4-8-19(24)13-16)21(27)23(29)11-12-26(22(23)28)20-10-9-17-6-2-3-7-18(17)14-20/h2-10,13-14,29H,11-12,15H2,1H3/t23-/m1/s1. The maximum atomic E-state index is 13.0. The summed E-state index contributed by atoms with van der Waals surface area (Å²) in [6.45, 7) is 0.605. The number of benzene rings is 3. The normalized spacial score (nSPS) is 19.0. The van der Waals surface area contributed by atoms with E-state index in [-0.39, 0.29) is 6.42 Å². The number of likely N-dealkylation sites (N-methyl/N-ethyl adjacent to an activating group) is 1. The molecule has 29 heavy (non-hydrogen) atoms. The van der Waals surface area contributed by atoms with E-state index in [4.69, 9.17) is 0 Å². The largest absolute Gasteiger partial charge is 0.372 e. The highest BCUT2D eigenvalue weighted by atomic mass is 79.9. The number of hydrogen-bond donors (Lipinski definition) is 1. The molecule has 2 amide bonds. The Balaban J connectivity index is 1.54.